The molecule has 1 atom stereocenters. The Morgan fingerprint density at radius 2 is 2.16 bits per heavy atom. The fourth-order valence-electron chi connectivity index (χ4n) is 1.79. The molecule has 1 amide bonds. The van der Waals surface area contributed by atoms with E-state index >= 15 is 0 Å². The zero-order valence-corrected chi connectivity index (χ0v) is 10.5. The molecule has 100 valence electrons. The summed E-state index contributed by atoms with van der Waals surface area (Å²) in [5, 5.41) is 14.6. The van der Waals surface area contributed by atoms with Gasteiger partial charge in [-0.25, -0.2) is 9.78 Å². The summed E-state index contributed by atoms with van der Waals surface area (Å²) in [4.78, 5) is 27.0. The molecule has 0 saturated carbocycles. The zero-order chi connectivity index (χ0) is 14.0. The molecular weight excluding hydrogens is 248 g/mol. The predicted molar refractivity (Wildman–Crippen MR) is 69.3 cm³/mol. The number of hydrogen-bond donors (Lipinski definition) is 3. The van der Waals surface area contributed by atoms with Crippen LogP contribution >= 0.6 is 0 Å². The molecule has 7 heteroatoms. The highest BCUT2D eigenvalue weighted by atomic mass is 16.4. The van der Waals surface area contributed by atoms with E-state index in [4.69, 9.17) is 0 Å². The van der Waals surface area contributed by atoms with Gasteiger partial charge in [0.05, 0.1) is 0 Å². The third-order valence-electron chi connectivity index (χ3n) is 2.73. The lowest BCUT2D eigenvalue weighted by Crippen LogP contribution is -2.35. The van der Waals surface area contributed by atoms with Crippen molar-refractivity contribution in [1.29, 1.82) is 0 Å². The largest absolute Gasteiger partial charge is 0.476 e. The van der Waals surface area contributed by atoms with E-state index in [1.165, 1.54) is 11.4 Å². The number of aromatic carboxylic acids is 1. The molecule has 2 aromatic heterocycles. The summed E-state index contributed by atoms with van der Waals surface area (Å²) in [6.45, 7) is 1.63. The second-order valence-corrected chi connectivity index (χ2v) is 4.02. The number of amides is 1. The van der Waals surface area contributed by atoms with Gasteiger partial charge in [-0.05, 0) is 19.1 Å². The average Bonchev–Trinajstić information content (AvgIpc) is 2.75. The van der Waals surface area contributed by atoms with Crippen LogP contribution in [0.15, 0.2) is 24.4 Å². The molecule has 0 spiro atoms. The predicted octanol–water partition coefficient (Wildman–Crippen LogP) is 0.579. The molecule has 0 aliphatic heterocycles. The number of nitrogens with one attached hydrogen (secondary N) is 2. The van der Waals surface area contributed by atoms with Crippen molar-refractivity contribution in [2.75, 3.05) is 12.4 Å². The molecule has 0 aliphatic rings. The van der Waals surface area contributed by atoms with Crippen molar-refractivity contribution < 1.29 is 14.7 Å². The number of anilines is 1. The van der Waals surface area contributed by atoms with Crippen LogP contribution in [0.3, 0.4) is 0 Å². The van der Waals surface area contributed by atoms with E-state index in [1.807, 2.05) is 0 Å². The summed E-state index contributed by atoms with van der Waals surface area (Å²) in [5.41, 5.74) is 0.512. The average molecular weight is 262 g/mol. The standard InChI is InChI=1S/C12H14N4O3/c1-7(11(17)13-2)14-10-9(12(18)19)16-6-4-3-5-8(16)15-10/h3-7,14H,1-2H3,(H,13,17)(H,18,19). The molecule has 0 aliphatic carbocycles. The van der Waals surface area contributed by atoms with E-state index in [9.17, 15) is 14.7 Å². The number of pyridine rings is 1. The number of carbonyl (C=O) groups excluding carboxylic acids is 1. The van der Waals surface area contributed by atoms with E-state index in [-0.39, 0.29) is 17.4 Å². The van der Waals surface area contributed by atoms with Crippen molar-refractivity contribution in [3.63, 3.8) is 0 Å². The Bertz CT molecular complexity index is 635. The maximum absolute atomic E-state index is 11.5. The quantitative estimate of drug-likeness (QED) is 0.749. The van der Waals surface area contributed by atoms with Gasteiger partial charge in [0.15, 0.2) is 11.5 Å². The summed E-state index contributed by atoms with van der Waals surface area (Å²) in [5.74, 6) is -1.17. The van der Waals surface area contributed by atoms with Gasteiger partial charge in [0, 0.05) is 13.2 Å². The second-order valence-electron chi connectivity index (χ2n) is 4.02. The highest BCUT2D eigenvalue weighted by Crippen LogP contribution is 2.18. The SMILES string of the molecule is CNC(=O)C(C)Nc1nc2ccccn2c1C(=O)O. The van der Waals surface area contributed by atoms with E-state index in [1.54, 1.807) is 31.3 Å². The van der Waals surface area contributed by atoms with E-state index in [0.717, 1.165) is 0 Å². The molecule has 0 fully saturated rings. The topological polar surface area (TPSA) is 95.7 Å². The number of aromatic nitrogens is 2. The minimum absolute atomic E-state index is 0.00588. The minimum Gasteiger partial charge on any atom is -0.476 e. The van der Waals surface area contributed by atoms with Gasteiger partial charge in [-0.2, -0.15) is 0 Å². The normalized spacial score (nSPS) is 12.1. The lowest BCUT2D eigenvalue weighted by molar-refractivity contribution is -0.121. The first kappa shape index (κ1) is 12.9. The van der Waals surface area contributed by atoms with Gasteiger partial charge in [-0.1, -0.05) is 6.07 Å². The van der Waals surface area contributed by atoms with Crippen molar-refractivity contribution in [2.45, 2.75) is 13.0 Å². The molecule has 19 heavy (non-hydrogen) atoms. The summed E-state index contributed by atoms with van der Waals surface area (Å²) in [6.07, 6.45) is 1.61. The fraction of sp³-hybridized carbons (Fsp3) is 0.250. The Morgan fingerprint density at radius 3 is 2.79 bits per heavy atom. The molecule has 2 aromatic rings. The summed E-state index contributed by atoms with van der Waals surface area (Å²) < 4.78 is 1.46. The van der Waals surface area contributed by atoms with Crippen LogP contribution in [0, 0.1) is 0 Å². The monoisotopic (exact) mass is 262 g/mol. The maximum atomic E-state index is 11.5. The second kappa shape index (κ2) is 4.97. The van der Waals surface area contributed by atoms with Crippen LogP contribution < -0.4 is 10.6 Å². The number of carboxylic acid groups (broad SMARTS) is 1. The number of carboxylic acids is 1. The van der Waals surface area contributed by atoms with Gasteiger partial charge in [-0.3, -0.25) is 9.20 Å². The Labute approximate surface area is 109 Å². The number of rotatable bonds is 4. The van der Waals surface area contributed by atoms with Crippen molar-refractivity contribution in [2.24, 2.45) is 0 Å². The number of carbonyl (C=O) groups is 2. The first-order valence-corrected chi connectivity index (χ1v) is 5.73. The third kappa shape index (κ3) is 2.35. The highest BCUT2D eigenvalue weighted by Gasteiger charge is 2.21. The third-order valence-corrected chi connectivity index (χ3v) is 2.73. The van der Waals surface area contributed by atoms with Crippen molar-refractivity contribution >= 4 is 23.3 Å². The van der Waals surface area contributed by atoms with Crippen LogP contribution in [0.1, 0.15) is 17.4 Å². The summed E-state index contributed by atoms with van der Waals surface area (Å²) in [7, 11) is 1.52. The van der Waals surface area contributed by atoms with Gasteiger partial charge in [0.2, 0.25) is 5.91 Å². The Balaban J connectivity index is 2.45. The molecule has 0 saturated heterocycles. The number of hydrogen-bond acceptors (Lipinski definition) is 4. The first-order chi connectivity index (χ1) is 9.04. The molecule has 7 nitrogen and oxygen atoms in total. The first-order valence-electron chi connectivity index (χ1n) is 5.73. The van der Waals surface area contributed by atoms with Crippen LogP contribution in [-0.4, -0.2) is 39.5 Å². The molecular formula is C12H14N4O3. The number of likely N-dealkylation sites (N-methyl/N-ethyl adjacent to an activating group) is 1. The molecule has 3 N–H and O–H groups in total. The van der Waals surface area contributed by atoms with Crippen LogP contribution in [0.2, 0.25) is 0 Å². The minimum atomic E-state index is -1.11. The van der Waals surface area contributed by atoms with Crippen molar-refractivity contribution in [3.8, 4) is 0 Å². The molecule has 0 aromatic carbocycles. The smallest absolute Gasteiger partial charge is 0.356 e. The van der Waals surface area contributed by atoms with Crippen LogP contribution in [-0.2, 0) is 4.79 Å². The van der Waals surface area contributed by atoms with Crippen LogP contribution in [0.4, 0.5) is 5.82 Å². The van der Waals surface area contributed by atoms with Gasteiger partial charge in [-0.15, -0.1) is 0 Å². The maximum Gasteiger partial charge on any atom is 0.356 e. The molecule has 1 unspecified atom stereocenters. The van der Waals surface area contributed by atoms with E-state index < -0.39 is 12.0 Å². The lowest BCUT2D eigenvalue weighted by atomic mass is 10.3. The molecule has 2 rings (SSSR count). The Hall–Kier alpha value is -2.57. The van der Waals surface area contributed by atoms with E-state index in [2.05, 4.69) is 15.6 Å². The Morgan fingerprint density at radius 1 is 1.42 bits per heavy atom. The van der Waals surface area contributed by atoms with Crippen LogP contribution in [0.25, 0.3) is 5.65 Å². The highest BCUT2D eigenvalue weighted by molar-refractivity contribution is 5.94. The number of nitrogens with zero attached hydrogens (tertiary/aromatic N) is 2. The van der Waals surface area contributed by atoms with Crippen molar-refractivity contribution in [1.82, 2.24) is 14.7 Å². The molecule has 0 radical (unpaired) electrons. The molecule has 2 heterocycles. The molecule has 0 bridgehead atoms. The lowest BCUT2D eigenvalue weighted by Gasteiger charge is -2.11. The van der Waals surface area contributed by atoms with Gasteiger partial charge >= 0.3 is 5.97 Å². The van der Waals surface area contributed by atoms with E-state index in [0.29, 0.717) is 5.65 Å². The van der Waals surface area contributed by atoms with Crippen LogP contribution in [0.5, 0.6) is 0 Å². The van der Waals surface area contributed by atoms with Gasteiger partial charge in [0.25, 0.3) is 0 Å². The number of fused-ring (bicyclic) bond motifs is 1. The van der Waals surface area contributed by atoms with Crippen molar-refractivity contribution in [3.05, 3.63) is 30.1 Å². The fourth-order valence-corrected chi connectivity index (χ4v) is 1.79. The summed E-state index contributed by atoms with van der Waals surface area (Å²) >= 11 is 0. The zero-order valence-electron chi connectivity index (χ0n) is 10.5. The van der Waals surface area contributed by atoms with Gasteiger partial charge < -0.3 is 15.7 Å². The van der Waals surface area contributed by atoms with Gasteiger partial charge in [0.1, 0.15) is 11.7 Å². The summed E-state index contributed by atoms with van der Waals surface area (Å²) in [6, 6.07) is 4.60. The number of imidazole rings is 1. The Kier molecular flexibility index (Phi) is 3.37.